The van der Waals surface area contributed by atoms with E-state index in [1.54, 1.807) is 7.11 Å². The second-order valence-electron chi connectivity index (χ2n) is 4.70. The predicted molar refractivity (Wildman–Crippen MR) is 72.0 cm³/mol. The molecule has 0 fully saturated rings. The summed E-state index contributed by atoms with van der Waals surface area (Å²) in [6, 6.07) is 9.07. The lowest BCUT2D eigenvalue weighted by Gasteiger charge is -2.20. The normalized spacial score (nSPS) is 13.0. The molecule has 0 radical (unpaired) electrons. The van der Waals surface area contributed by atoms with Gasteiger partial charge in [-0.1, -0.05) is 24.3 Å². The van der Waals surface area contributed by atoms with E-state index in [-0.39, 0.29) is 0 Å². The van der Waals surface area contributed by atoms with Crippen LogP contribution in [0, 0.1) is 0 Å². The van der Waals surface area contributed by atoms with Crippen LogP contribution in [0.15, 0.2) is 24.3 Å². The number of likely N-dealkylation sites (N-methyl/N-ethyl adjacent to an activating group) is 1. The SMILES string of the molecule is COCc1cccc(CNCC(C)N(C)C)c1. The largest absolute Gasteiger partial charge is 0.380 e. The molecule has 17 heavy (non-hydrogen) atoms. The summed E-state index contributed by atoms with van der Waals surface area (Å²) in [5, 5.41) is 3.47. The maximum Gasteiger partial charge on any atom is 0.0713 e. The molecular weight excluding hydrogens is 212 g/mol. The first-order chi connectivity index (χ1) is 8.13. The molecule has 0 heterocycles. The molecular formula is C14H24N2O. The van der Waals surface area contributed by atoms with Crippen LogP contribution in [0.4, 0.5) is 0 Å². The van der Waals surface area contributed by atoms with Gasteiger partial charge in [0.25, 0.3) is 0 Å². The van der Waals surface area contributed by atoms with Crippen LogP contribution in [0.1, 0.15) is 18.1 Å². The molecule has 0 saturated carbocycles. The highest BCUT2D eigenvalue weighted by atomic mass is 16.5. The first kappa shape index (κ1) is 14.2. The van der Waals surface area contributed by atoms with Crippen LogP contribution in [-0.4, -0.2) is 38.7 Å². The summed E-state index contributed by atoms with van der Waals surface area (Å²) in [6.45, 7) is 4.81. The van der Waals surface area contributed by atoms with E-state index in [2.05, 4.69) is 55.5 Å². The zero-order valence-electron chi connectivity index (χ0n) is 11.4. The fourth-order valence-corrected chi connectivity index (χ4v) is 1.60. The Morgan fingerprint density at radius 3 is 2.65 bits per heavy atom. The van der Waals surface area contributed by atoms with Gasteiger partial charge in [-0.15, -0.1) is 0 Å². The number of nitrogens with zero attached hydrogens (tertiary/aromatic N) is 1. The van der Waals surface area contributed by atoms with Gasteiger partial charge >= 0.3 is 0 Å². The molecule has 3 heteroatoms. The molecule has 1 atom stereocenters. The fourth-order valence-electron chi connectivity index (χ4n) is 1.60. The van der Waals surface area contributed by atoms with Crippen molar-refractivity contribution in [1.82, 2.24) is 10.2 Å². The van der Waals surface area contributed by atoms with Gasteiger partial charge in [0, 0.05) is 26.2 Å². The monoisotopic (exact) mass is 236 g/mol. The Labute approximate surface area is 105 Å². The molecule has 0 bridgehead atoms. The van der Waals surface area contributed by atoms with Crippen molar-refractivity contribution >= 4 is 0 Å². The summed E-state index contributed by atoms with van der Waals surface area (Å²) >= 11 is 0. The van der Waals surface area contributed by atoms with Crippen LogP contribution in [0.3, 0.4) is 0 Å². The van der Waals surface area contributed by atoms with Crippen LogP contribution in [0.25, 0.3) is 0 Å². The Morgan fingerprint density at radius 1 is 1.29 bits per heavy atom. The zero-order valence-corrected chi connectivity index (χ0v) is 11.4. The minimum absolute atomic E-state index is 0.553. The van der Waals surface area contributed by atoms with Crippen molar-refractivity contribution in [3.63, 3.8) is 0 Å². The van der Waals surface area contributed by atoms with E-state index in [9.17, 15) is 0 Å². The Bertz CT molecular complexity index is 326. The third kappa shape index (κ3) is 5.31. The van der Waals surface area contributed by atoms with Crippen molar-refractivity contribution in [1.29, 1.82) is 0 Å². The van der Waals surface area contributed by atoms with Crippen molar-refractivity contribution in [2.45, 2.75) is 26.1 Å². The molecule has 1 unspecified atom stereocenters. The Morgan fingerprint density at radius 2 is 2.00 bits per heavy atom. The average Bonchev–Trinajstić information content (AvgIpc) is 2.29. The maximum absolute atomic E-state index is 5.13. The number of rotatable bonds is 7. The number of hydrogen-bond donors (Lipinski definition) is 1. The van der Waals surface area contributed by atoms with Gasteiger partial charge in [-0.05, 0) is 32.1 Å². The molecule has 0 amide bonds. The number of ether oxygens (including phenoxy) is 1. The zero-order chi connectivity index (χ0) is 12.7. The molecule has 1 rings (SSSR count). The lowest BCUT2D eigenvalue weighted by molar-refractivity contribution is 0.185. The Hall–Kier alpha value is -0.900. The van der Waals surface area contributed by atoms with E-state index in [4.69, 9.17) is 4.74 Å². The number of methoxy groups -OCH3 is 1. The third-order valence-corrected chi connectivity index (χ3v) is 2.95. The molecule has 96 valence electrons. The van der Waals surface area contributed by atoms with E-state index in [1.165, 1.54) is 11.1 Å². The molecule has 0 saturated heterocycles. The van der Waals surface area contributed by atoms with Crippen molar-refractivity contribution in [2.24, 2.45) is 0 Å². The lowest BCUT2D eigenvalue weighted by atomic mass is 10.1. The molecule has 1 aromatic rings. The van der Waals surface area contributed by atoms with E-state index in [0.717, 1.165) is 13.1 Å². The van der Waals surface area contributed by atoms with Gasteiger partial charge in [-0.3, -0.25) is 0 Å². The highest BCUT2D eigenvalue weighted by Crippen LogP contribution is 2.06. The molecule has 0 aliphatic rings. The summed E-state index contributed by atoms with van der Waals surface area (Å²) in [5.74, 6) is 0. The van der Waals surface area contributed by atoms with E-state index >= 15 is 0 Å². The Balaban J connectivity index is 2.38. The van der Waals surface area contributed by atoms with Gasteiger partial charge in [0.1, 0.15) is 0 Å². The predicted octanol–water partition coefficient (Wildman–Crippen LogP) is 1.87. The van der Waals surface area contributed by atoms with Crippen LogP contribution in [0.2, 0.25) is 0 Å². The Kier molecular flexibility index (Phi) is 6.19. The second-order valence-corrected chi connectivity index (χ2v) is 4.70. The molecule has 0 aromatic heterocycles. The van der Waals surface area contributed by atoms with Gasteiger partial charge in [-0.25, -0.2) is 0 Å². The molecule has 1 aromatic carbocycles. The molecule has 1 N–H and O–H groups in total. The van der Waals surface area contributed by atoms with Gasteiger partial charge in [-0.2, -0.15) is 0 Å². The first-order valence-electron chi connectivity index (χ1n) is 6.07. The standard InChI is InChI=1S/C14H24N2O/c1-12(16(2)3)9-15-10-13-6-5-7-14(8-13)11-17-4/h5-8,12,15H,9-11H2,1-4H3. The summed E-state index contributed by atoms with van der Waals surface area (Å²) < 4.78 is 5.13. The number of nitrogens with one attached hydrogen (secondary N) is 1. The number of hydrogen-bond acceptors (Lipinski definition) is 3. The van der Waals surface area contributed by atoms with E-state index < -0.39 is 0 Å². The third-order valence-electron chi connectivity index (χ3n) is 2.95. The van der Waals surface area contributed by atoms with Gasteiger partial charge < -0.3 is 15.0 Å². The molecule has 0 spiro atoms. The van der Waals surface area contributed by atoms with Crippen molar-refractivity contribution in [2.75, 3.05) is 27.7 Å². The summed E-state index contributed by atoms with van der Waals surface area (Å²) in [7, 11) is 5.93. The molecule has 0 aliphatic carbocycles. The van der Waals surface area contributed by atoms with Gasteiger partial charge in [0.05, 0.1) is 6.61 Å². The van der Waals surface area contributed by atoms with Crippen molar-refractivity contribution in [3.8, 4) is 0 Å². The molecule has 0 aliphatic heterocycles. The number of benzene rings is 1. The summed E-state index contributed by atoms with van der Waals surface area (Å²) in [4.78, 5) is 2.22. The highest BCUT2D eigenvalue weighted by molar-refractivity contribution is 5.22. The quantitative estimate of drug-likeness (QED) is 0.782. The van der Waals surface area contributed by atoms with E-state index in [1.807, 2.05) is 0 Å². The van der Waals surface area contributed by atoms with Gasteiger partial charge in [0.15, 0.2) is 0 Å². The first-order valence-corrected chi connectivity index (χ1v) is 6.07. The maximum atomic E-state index is 5.13. The van der Waals surface area contributed by atoms with Crippen LogP contribution < -0.4 is 5.32 Å². The van der Waals surface area contributed by atoms with Gasteiger partial charge in [0.2, 0.25) is 0 Å². The summed E-state index contributed by atoms with van der Waals surface area (Å²) in [5.41, 5.74) is 2.54. The average molecular weight is 236 g/mol. The van der Waals surface area contributed by atoms with Crippen LogP contribution in [-0.2, 0) is 17.9 Å². The molecule has 3 nitrogen and oxygen atoms in total. The summed E-state index contributed by atoms with van der Waals surface area (Å²) in [6.07, 6.45) is 0. The van der Waals surface area contributed by atoms with Crippen LogP contribution >= 0.6 is 0 Å². The highest BCUT2D eigenvalue weighted by Gasteiger charge is 2.03. The minimum Gasteiger partial charge on any atom is -0.380 e. The van der Waals surface area contributed by atoms with E-state index in [0.29, 0.717) is 12.6 Å². The fraction of sp³-hybridized carbons (Fsp3) is 0.571. The van der Waals surface area contributed by atoms with Crippen molar-refractivity contribution in [3.05, 3.63) is 35.4 Å². The lowest BCUT2D eigenvalue weighted by Crippen LogP contribution is -2.35. The topological polar surface area (TPSA) is 24.5 Å². The van der Waals surface area contributed by atoms with Crippen molar-refractivity contribution < 1.29 is 4.74 Å². The minimum atomic E-state index is 0.553. The second kappa shape index (κ2) is 7.43. The van der Waals surface area contributed by atoms with Crippen LogP contribution in [0.5, 0.6) is 0 Å². The smallest absolute Gasteiger partial charge is 0.0713 e.